The lowest BCUT2D eigenvalue weighted by Gasteiger charge is -2.09. The summed E-state index contributed by atoms with van der Waals surface area (Å²) in [4.78, 5) is 3.52. The normalized spacial score (nSPS) is 12.5. The molecule has 0 aromatic heterocycles. The average molecular weight is 326 g/mol. The molecule has 1 nitrogen and oxygen atoms in total. The van der Waals surface area contributed by atoms with Crippen LogP contribution < -0.4 is 0 Å². The summed E-state index contributed by atoms with van der Waals surface area (Å²) in [5.41, 5.74) is 2.83. The molecule has 5 heteroatoms. The Balaban J connectivity index is 2.40. The highest BCUT2D eigenvalue weighted by Gasteiger charge is 2.34. The molecular weight excluding hydrogens is 311 g/mol. The van der Waals surface area contributed by atoms with E-state index in [1.54, 1.807) is 18.2 Å². The lowest BCUT2D eigenvalue weighted by atomic mass is 10.0. The van der Waals surface area contributed by atoms with Crippen LogP contribution in [-0.2, 0) is 6.42 Å². The number of nitrogens with zero attached hydrogens (tertiary/aromatic N) is 1. The number of aryl methyl sites for hydroxylation is 1. The van der Waals surface area contributed by atoms with Gasteiger partial charge in [-0.3, -0.25) is 0 Å². The summed E-state index contributed by atoms with van der Waals surface area (Å²) in [6, 6.07) is 14.4. The molecule has 0 bridgehead atoms. The molecule has 0 heterocycles. The van der Waals surface area contributed by atoms with Crippen molar-refractivity contribution in [3.8, 4) is 11.1 Å². The number of para-hydroxylation sites is 1. The monoisotopic (exact) mass is 325 g/mol. The van der Waals surface area contributed by atoms with E-state index < -0.39 is 11.3 Å². The van der Waals surface area contributed by atoms with E-state index in [0.29, 0.717) is 5.56 Å². The highest BCUT2D eigenvalue weighted by molar-refractivity contribution is 6.67. The number of hydrogen-bond donors (Lipinski definition) is 0. The number of hydrogen-bond acceptors (Lipinski definition) is 1. The molecule has 0 N–H and O–H groups in total. The van der Waals surface area contributed by atoms with Crippen molar-refractivity contribution in [1.82, 2.24) is 0 Å². The predicted molar refractivity (Wildman–Crippen MR) is 84.9 cm³/mol. The molecule has 0 fully saturated rings. The second-order valence-electron chi connectivity index (χ2n) is 4.86. The predicted octanol–water partition coefficient (Wildman–Crippen LogP) is 6.14. The number of alkyl halides is 3. The van der Waals surface area contributed by atoms with Gasteiger partial charge in [-0.25, -0.2) is 4.99 Å². The van der Waals surface area contributed by atoms with Crippen molar-refractivity contribution in [2.75, 3.05) is 0 Å². The van der Waals surface area contributed by atoms with Gasteiger partial charge in [0.2, 0.25) is 5.17 Å². The van der Waals surface area contributed by atoms with Gasteiger partial charge in [0.05, 0.1) is 5.69 Å². The fourth-order valence-electron chi connectivity index (χ4n) is 2.12. The first-order valence-electron chi connectivity index (χ1n) is 6.91. The standard InChI is InChI=1S/C17H15ClF3N/c1-2-5-12-8-10-13(11-9-12)14-6-3-4-7-15(14)22-16(18)17(19,20)21/h3-4,6-11H,2,5H2,1H3. The first-order chi connectivity index (χ1) is 10.4. The first-order valence-corrected chi connectivity index (χ1v) is 7.29. The third-order valence-corrected chi connectivity index (χ3v) is 3.46. The van der Waals surface area contributed by atoms with Gasteiger partial charge in [0.25, 0.3) is 0 Å². The second kappa shape index (κ2) is 6.97. The van der Waals surface area contributed by atoms with Gasteiger partial charge in [0.1, 0.15) is 0 Å². The van der Waals surface area contributed by atoms with Crippen LogP contribution in [-0.4, -0.2) is 11.3 Å². The maximum Gasteiger partial charge on any atom is 0.444 e. The third kappa shape index (κ3) is 4.10. The smallest absolute Gasteiger partial charge is 0.232 e. The zero-order chi connectivity index (χ0) is 16.2. The Hall–Kier alpha value is -1.81. The summed E-state index contributed by atoms with van der Waals surface area (Å²) < 4.78 is 37.6. The van der Waals surface area contributed by atoms with Gasteiger partial charge >= 0.3 is 6.18 Å². The van der Waals surface area contributed by atoms with Crippen LogP contribution in [0.15, 0.2) is 53.5 Å². The minimum absolute atomic E-state index is 0.202. The lowest BCUT2D eigenvalue weighted by Crippen LogP contribution is -2.16. The molecule has 0 saturated carbocycles. The molecule has 0 aliphatic carbocycles. The maximum atomic E-state index is 12.5. The fraction of sp³-hybridized carbons (Fsp3) is 0.235. The van der Waals surface area contributed by atoms with Gasteiger partial charge in [-0.15, -0.1) is 0 Å². The van der Waals surface area contributed by atoms with E-state index in [9.17, 15) is 13.2 Å². The second-order valence-corrected chi connectivity index (χ2v) is 5.22. The van der Waals surface area contributed by atoms with Crippen LogP contribution >= 0.6 is 11.6 Å². The van der Waals surface area contributed by atoms with Crippen molar-refractivity contribution in [3.63, 3.8) is 0 Å². The molecule has 2 aromatic rings. The average Bonchev–Trinajstić information content (AvgIpc) is 2.48. The zero-order valence-electron chi connectivity index (χ0n) is 12.0. The highest BCUT2D eigenvalue weighted by Crippen LogP contribution is 2.32. The summed E-state index contributed by atoms with van der Waals surface area (Å²) in [6.45, 7) is 2.09. The lowest BCUT2D eigenvalue weighted by molar-refractivity contribution is -0.0558. The van der Waals surface area contributed by atoms with Crippen molar-refractivity contribution in [2.45, 2.75) is 25.9 Å². The number of rotatable bonds is 4. The third-order valence-electron chi connectivity index (χ3n) is 3.16. The van der Waals surface area contributed by atoms with Crippen LogP contribution in [0.4, 0.5) is 18.9 Å². The Morgan fingerprint density at radius 1 is 1.05 bits per heavy atom. The molecular formula is C17H15ClF3N. The van der Waals surface area contributed by atoms with Crippen LogP contribution in [0.3, 0.4) is 0 Å². The summed E-state index contributed by atoms with van der Waals surface area (Å²) in [7, 11) is 0. The summed E-state index contributed by atoms with van der Waals surface area (Å²) >= 11 is 5.24. The van der Waals surface area contributed by atoms with Crippen LogP contribution in [0.2, 0.25) is 0 Å². The minimum atomic E-state index is -4.64. The van der Waals surface area contributed by atoms with Gasteiger partial charge in [-0.2, -0.15) is 13.2 Å². The van der Waals surface area contributed by atoms with E-state index in [4.69, 9.17) is 11.6 Å². The van der Waals surface area contributed by atoms with E-state index in [2.05, 4.69) is 11.9 Å². The van der Waals surface area contributed by atoms with E-state index in [-0.39, 0.29) is 5.69 Å². The van der Waals surface area contributed by atoms with Crippen LogP contribution in [0.1, 0.15) is 18.9 Å². The van der Waals surface area contributed by atoms with Gasteiger partial charge in [-0.1, -0.05) is 67.4 Å². The summed E-state index contributed by atoms with van der Waals surface area (Å²) in [6.07, 6.45) is -2.62. The Kier molecular flexibility index (Phi) is 5.24. The molecule has 2 aromatic carbocycles. The molecule has 0 aliphatic rings. The molecule has 0 unspecified atom stereocenters. The Labute approximate surface area is 132 Å². The molecule has 0 saturated heterocycles. The summed E-state index contributed by atoms with van der Waals surface area (Å²) in [5.74, 6) is 0. The molecule has 0 amide bonds. The fourth-order valence-corrected chi connectivity index (χ4v) is 2.22. The number of halogens is 4. The van der Waals surface area contributed by atoms with Gasteiger partial charge in [0.15, 0.2) is 0 Å². The van der Waals surface area contributed by atoms with E-state index in [0.717, 1.165) is 18.4 Å². The Bertz CT molecular complexity index is 660. The van der Waals surface area contributed by atoms with Gasteiger partial charge < -0.3 is 0 Å². The van der Waals surface area contributed by atoms with Crippen LogP contribution in [0.25, 0.3) is 11.1 Å². The topological polar surface area (TPSA) is 12.4 Å². The first kappa shape index (κ1) is 16.6. The van der Waals surface area contributed by atoms with E-state index >= 15 is 0 Å². The summed E-state index contributed by atoms with van der Waals surface area (Å²) in [5, 5.41) is -1.37. The molecule has 22 heavy (non-hydrogen) atoms. The molecule has 2 rings (SSSR count). The highest BCUT2D eigenvalue weighted by atomic mass is 35.5. The Morgan fingerprint density at radius 3 is 2.27 bits per heavy atom. The number of aliphatic imine (C=N–C) groups is 1. The van der Waals surface area contributed by atoms with Gasteiger partial charge in [-0.05, 0) is 23.6 Å². The van der Waals surface area contributed by atoms with Crippen LogP contribution in [0.5, 0.6) is 0 Å². The van der Waals surface area contributed by atoms with Crippen molar-refractivity contribution in [2.24, 2.45) is 4.99 Å². The number of benzene rings is 2. The molecule has 0 spiro atoms. The zero-order valence-corrected chi connectivity index (χ0v) is 12.7. The maximum absolute atomic E-state index is 12.5. The van der Waals surface area contributed by atoms with Gasteiger partial charge in [0, 0.05) is 5.56 Å². The minimum Gasteiger partial charge on any atom is -0.232 e. The van der Waals surface area contributed by atoms with Crippen molar-refractivity contribution in [3.05, 3.63) is 54.1 Å². The Morgan fingerprint density at radius 2 is 1.68 bits per heavy atom. The molecule has 0 aliphatic heterocycles. The van der Waals surface area contributed by atoms with Crippen molar-refractivity contribution >= 4 is 22.5 Å². The van der Waals surface area contributed by atoms with E-state index in [1.165, 1.54) is 11.6 Å². The molecule has 0 atom stereocenters. The largest absolute Gasteiger partial charge is 0.444 e. The van der Waals surface area contributed by atoms with Crippen molar-refractivity contribution < 1.29 is 13.2 Å². The molecule has 0 radical (unpaired) electrons. The molecule has 116 valence electrons. The quantitative estimate of drug-likeness (QED) is 0.599. The van der Waals surface area contributed by atoms with Crippen molar-refractivity contribution in [1.29, 1.82) is 0 Å². The van der Waals surface area contributed by atoms with E-state index in [1.807, 2.05) is 24.3 Å². The van der Waals surface area contributed by atoms with Crippen LogP contribution in [0, 0.1) is 0 Å². The SMILES string of the molecule is CCCc1ccc(-c2ccccc2N=C(Cl)C(F)(F)F)cc1.